The van der Waals surface area contributed by atoms with Crippen molar-refractivity contribution in [3.8, 4) is 5.75 Å². The Labute approximate surface area is 153 Å². The summed E-state index contributed by atoms with van der Waals surface area (Å²) in [4.78, 5) is 15.4. The van der Waals surface area contributed by atoms with E-state index in [1.807, 2.05) is 18.2 Å². The van der Waals surface area contributed by atoms with Crippen molar-refractivity contribution in [3.63, 3.8) is 0 Å². The van der Waals surface area contributed by atoms with E-state index in [0.29, 0.717) is 28.6 Å². The van der Waals surface area contributed by atoms with Crippen LogP contribution in [-0.2, 0) is 0 Å². The summed E-state index contributed by atoms with van der Waals surface area (Å²) in [6.45, 7) is 2.82. The molecule has 24 heavy (non-hydrogen) atoms. The van der Waals surface area contributed by atoms with Gasteiger partial charge in [-0.2, -0.15) is 0 Å². The zero-order chi connectivity index (χ0) is 17.4. The smallest absolute Gasteiger partial charge is 0.212 e. The predicted octanol–water partition coefficient (Wildman–Crippen LogP) is 6.29. The van der Waals surface area contributed by atoms with E-state index in [2.05, 4.69) is 11.9 Å². The van der Waals surface area contributed by atoms with Crippen LogP contribution in [0.1, 0.15) is 61.5 Å². The molecule has 0 spiro atoms. The van der Waals surface area contributed by atoms with Crippen molar-refractivity contribution in [1.29, 1.82) is 0 Å². The molecule has 0 saturated heterocycles. The first kappa shape index (κ1) is 18.9. The van der Waals surface area contributed by atoms with Crippen LogP contribution in [0.2, 0.25) is 10.2 Å². The van der Waals surface area contributed by atoms with Crippen molar-refractivity contribution in [2.24, 2.45) is 0 Å². The van der Waals surface area contributed by atoms with E-state index in [0.717, 1.165) is 12.8 Å². The fourth-order valence-corrected chi connectivity index (χ4v) is 2.83. The summed E-state index contributed by atoms with van der Waals surface area (Å²) in [7, 11) is 0. The van der Waals surface area contributed by atoms with Gasteiger partial charge in [-0.05, 0) is 24.6 Å². The van der Waals surface area contributed by atoms with E-state index < -0.39 is 0 Å². The van der Waals surface area contributed by atoms with Crippen LogP contribution in [0.3, 0.4) is 0 Å². The highest BCUT2D eigenvalue weighted by Gasteiger charge is 2.17. The minimum atomic E-state index is -0.178. The number of unbranched alkanes of at least 4 members (excludes halogenated alkanes) is 5. The number of carbonyl (C=O) groups is 1. The van der Waals surface area contributed by atoms with Crippen LogP contribution in [0, 0.1) is 0 Å². The molecule has 2 aromatic rings. The lowest BCUT2D eigenvalue weighted by Crippen LogP contribution is -2.06. The zero-order valence-electron chi connectivity index (χ0n) is 13.9. The van der Waals surface area contributed by atoms with Gasteiger partial charge in [0.1, 0.15) is 10.9 Å². The van der Waals surface area contributed by atoms with Gasteiger partial charge in [-0.3, -0.25) is 4.79 Å². The van der Waals surface area contributed by atoms with Crippen molar-refractivity contribution in [1.82, 2.24) is 4.98 Å². The third kappa shape index (κ3) is 5.29. The van der Waals surface area contributed by atoms with Crippen molar-refractivity contribution in [2.75, 3.05) is 6.61 Å². The molecule has 130 valence electrons. The highest BCUT2D eigenvalue weighted by Crippen LogP contribution is 2.26. The summed E-state index contributed by atoms with van der Waals surface area (Å²) in [6.07, 6.45) is 7.19. The van der Waals surface area contributed by atoms with E-state index >= 15 is 0 Å². The van der Waals surface area contributed by atoms with Gasteiger partial charge in [0.05, 0.1) is 22.9 Å². The van der Waals surface area contributed by atoms with E-state index in [4.69, 9.17) is 27.9 Å². The Balaban J connectivity index is 1.93. The van der Waals surface area contributed by atoms with E-state index in [1.165, 1.54) is 31.7 Å². The molecule has 0 bridgehead atoms. The molecule has 0 aliphatic rings. The first-order chi connectivity index (χ1) is 11.6. The molecule has 1 heterocycles. The SMILES string of the molecule is CCCCCCCCOc1ccccc1C(=O)c1cc(Cl)c(Cl)[nH]1. The summed E-state index contributed by atoms with van der Waals surface area (Å²) in [5, 5.41) is 0.607. The quantitative estimate of drug-likeness (QED) is 0.395. The molecule has 0 radical (unpaired) electrons. The Morgan fingerprint density at radius 2 is 1.79 bits per heavy atom. The van der Waals surface area contributed by atoms with E-state index in [-0.39, 0.29) is 10.9 Å². The average molecular weight is 368 g/mol. The van der Waals surface area contributed by atoms with Crippen LogP contribution >= 0.6 is 23.2 Å². The maximum atomic E-state index is 12.6. The fourth-order valence-electron chi connectivity index (χ4n) is 2.52. The zero-order valence-corrected chi connectivity index (χ0v) is 15.4. The summed E-state index contributed by atoms with van der Waals surface area (Å²) in [5.41, 5.74) is 0.874. The summed E-state index contributed by atoms with van der Waals surface area (Å²) in [6, 6.07) is 8.79. The lowest BCUT2D eigenvalue weighted by atomic mass is 10.1. The van der Waals surface area contributed by atoms with Crippen LogP contribution in [-0.4, -0.2) is 17.4 Å². The number of benzene rings is 1. The minimum absolute atomic E-state index is 0.178. The van der Waals surface area contributed by atoms with Gasteiger partial charge in [0.2, 0.25) is 5.78 Å². The van der Waals surface area contributed by atoms with E-state index in [1.54, 1.807) is 6.07 Å². The molecule has 0 aliphatic carbocycles. The van der Waals surface area contributed by atoms with Crippen molar-refractivity contribution in [3.05, 3.63) is 51.8 Å². The van der Waals surface area contributed by atoms with Gasteiger partial charge in [-0.25, -0.2) is 0 Å². The third-order valence-electron chi connectivity index (χ3n) is 3.86. The molecule has 0 unspecified atom stereocenters. The minimum Gasteiger partial charge on any atom is -0.493 e. The second-order valence-electron chi connectivity index (χ2n) is 5.79. The fraction of sp³-hybridized carbons (Fsp3) is 0.421. The van der Waals surface area contributed by atoms with Crippen molar-refractivity contribution >= 4 is 29.0 Å². The van der Waals surface area contributed by atoms with Crippen molar-refractivity contribution in [2.45, 2.75) is 45.4 Å². The molecule has 2 rings (SSSR count). The van der Waals surface area contributed by atoms with Gasteiger partial charge in [-0.15, -0.1) is 0 Å². The van der Waals surface area contributed by atoms with Gasteiger partial charge in [-0.1, -0.05) is 74.4 Å². The summed E-state index contributed by atoms with van der Waals surface area (Å²) < 4.78 is 5.82. The van der Waals surface area contributed by atoms with Gasteiger partial charge < -0.3 is 9.72 Å². The molecule has 3 nitrogen and oxygen atoms in total. The number of para-hydroxylation sites is 1. The number of aromatic amines is 1. The maximum Gasteiger partial charge on any atom is 0.212 e. The van der Waals surface area contributed by atoms with Gasteiger partial charge in [0.25, 0.3) is 0 Å². The highest BCUT2D eigenvalue weighted by atomic mass is 35.5. The normalized spacial score (nSPS) is 10.8. The number of rotatable bonds is 10. The Morgan fingerprint density at radius 3 is 2.50 bits per heavy atom. The van der Waals surface area contributed by atoms with Crippen molar-refractivity contribution < 1.29 is 9.53 Å². The molecule has 1 aromatic heterocycles. The van der Waals surface area contributed by atoms with Gasteiger partial charge in [0.15, 0.2) is 0 Å². The maximum absolute atomic E-state index is 12.6. The molecule has 0 atom stereocenters. The molecule has 0 saturated carbocycles. The Morgan fingerprint density at radius 1 is 1.08 bits per heavy atom. The number of ether oxygens (including phenoxy) is 1. The second-order valence-corrected chi connectivity index (χ2v) is 6.57. The first-order valence-electron chi connectivity index (χ1n) is 8.44. The highest BCUT2D eigenvalue weighted by molar-refractivity contribution is 6.41. The number of halogens is 2. The number of H-pyrrole nitrogens is 1. The molecule has 0 amide bonds. The first-order valence-corrected chi connectivity index (χ1v) is 9.19. The van der Waals surface area contributed by atoms with E-state index in [9.17, 15) is 4.79 Å². The van der Waals surface area contributed by atoms with Crippen LogP contribution in [0.25, 0.3) is 0 Å². The standard InChI is InChI=1S/C19H23Cl2NO2/c1-2-3-4-5-6-9-12-24-17-11-8-7-10-14(17)18(23)16-13-15(20)19(21)22-16/h7-8,10-11,13,22H,2-6,9,12H2,1H3. The van der Waals surface area contributed by atoms with Crippen LogP contribution in [0.4, 0.5) is 0 Å². The number of nitrogens with one attached hydrogen (secondary N) is 1. The number of aromatic nitrogens is 1. The average Bonchev–Trinajstić information content (AvgIpc) is 2.93. The van der Waals surface area contributed by atoms with Gasteiger partial charge >= 0.3 is 0 Å². The lowest BCUT2D eigenvalue weighted by Gasteiger charge is -2.10. The van der Waals surface area contributed by atoms with Gasteiger partial charge in [0, 0.05) is 0 Å². The molecule has 1 aromatic carbocycles. The Kier molecular flexibility index (Phi) is 7.67. The van der Waals surface area contributed by atoms with Crippen LogP contribution < -0.4 is 4.74 Å². The summed E-state index contributed by atoms with van der Waals surface area (Å²) >= 11 is 11.8. The lowest BCUT2D eigenvalue weighted by molar-refractivity contribution is 0.103. The molecular weight excluding hydrogens is 345 g/mol. The number of hydrogen-bond donors (Lipinski definition) is 1. The molecule has 0 fully saturated rings. The van der Waals surface area contributed by atoms with Crippen LogP contribution in [0.15, 0.2) is 30.3 Å². The number of ketones is 1. The molecule has 0 aliphatic heterocycles. The molecule has 1 N–H and O–H groups in total. The number of carbonyl (C=O) groups excluding carboxylic acids is 1. The number of hydrogen-bond acceptors (Lipinski definition) is 2. The Hall–Kier alpha value is -1.45. The molecule has 5 heteroatoms. The predicted molar refractivity (Wildman–Crippen MR) is 99.6 cm³/mol. The monoisotopic (exact) mass is 367 g/mol. The topological polar surface area (TPSA) is 42.1 Å². The molecular formula is C19H23Cl2NO2. The second kappa shape index (κ2) is 9.75. The Bertz CT molecular complexity index is 648. The summed E-state index contributed by atoms with van der Waals surface area (Å²) in [5.74, 6) is 0.417. The van der Waals surface area contributed by atoms with Crippen LogP contribution in [0.5, 0.6) is 5.75 Å². The third-order valence-corrected chi connectivity index (χ3v) is 4.55. The largest absolute Gasteiger partial charge is 0.493 e.